The Balaban J connectivity index is 2.35. The maximum absolute atomic E-state index is 9.16. The van der Waals surface area contributed by atoms with Gasteiger partial charge >= 0.3 is 0 Å². The van der Waals surface area contributed by atoms with E-state index in [1.165, 1.54) is 0 Å². The van der Waals surface area contributed by atoms with Gasteiger partial charge in [-0.1, -0.05) is 5.21 Å². The normalized spacial score (nSPS) is 12.0. The topological polar surface area (TPSA) is 101 Å². The molecule has 116 valence electrons. The monoisotopic (exact) mass is 305 g/mol. The number of nitrogens with zero attached hydrogens (tertiary/aromatic N) is 3. The summed E-state index contributed by atoms with van der Waals surface area (Å²) in [5, 5.41) is 35.5. The zero-order chi connectivity index (χ0) is 14.8. The molecule has 0 aliphatic rings. The highest BCUT2D eigenvalue weighted by Gasteiger charge is 2.28. The minimum atomic E-state index is -1.01. The number of aryl methyl sites for hydroxylation is 1. The van der Waals surface area contributed by atoms with E-state index in [2.05, 4.69) is 16.6 Å². The van der Waals surface area contributed by atoms with E-state index in [1.54, 1.807) is 16.4 Å². The summed E-state index contributed by atoms with van der Waals surface area (Å²) in [5.41, 5.74) is -0.314. The van der Waals surface area contributed by atoms with Crippen molar-refractivity contribution in [2.24, 2.45) is 5.41 Å². The summed E-state index contributed by atoms with van der Waals surface area (Å²) < 4.78 is 7.17. The van der Waals surface area contributed by atoms with Gasteiger partial charge in [0.2, 0.25) is 0 Å². The molecule has 20 heavy (non-hydrogen) atoms. The molecular formula is C12H23N3O4S. The summed E-state index contributed by atoms with van der Waals surface area (Å²) in [4.78, 5) is 0. The van der Waals surface area contributed by atoms with Crippen LogP contribution in [0.1, 0.15) is 12.1 Å². The van der Waals surface area contributed by atoms with Crippen molar-refractivity contribution in [2.45, 2.75) is 19.6 Å². The molecule has 0 aliphatic heterocycles. The van der Waals surface area contributed by atoms with E-state index in [0.717, 1.165) is 18.7 Å². The Morgan fingerprint density at radius 2 is 2.00 bits per heavy atom. The summed E-state index contributed by atoms with van der Waals surface area (Å²) >= 11 is 1.79. The predicted molar refractivity (Wildman–Crippen MR) is 76.4 cm³/mol. The lowest BCUT2D eigenvalue weighted by Crippen LogP contribution is -2.38. The van der Waals surface area contributed by atoms with Crippen molar-refractivity contribution in [3.05, 3.63) is 11.9 Å². The van der Waals surface area contributed by atoms with Crippen molar-refractivity contribution in [3.63, 3.8) is 0 Å². The molecule has 0 aromatic carbocycles. The van der Waals surface area contributed by atoms with Crippen LogP contribution in [-0.2, 0) is 17.9 Å². The molecule has 1 aromatic heterocycles. The van der Waals surface area contributed by atoms with Crippen molar-refractivity contribution < 1.29 is 20.1 Å². The lowest BCUT2D eigenvalue weighted by molar-refractivity contribution is -0.0626. The second-order valence-electron chi connectivity index (χ2n) is 4.79. The molecule has 1 rings (SSSR count). The lowest BCUT2D eigenvalue weighted by Gasteiger charge is -2.26. The molecule has 1 aromatic rings. The predicted octanol–water partition coefficient (Wildman–Crippen LogP) is -0.489. The molecule has 0 saturated carbocycles. The molecule has 7 nitrogen and oxygen atoms in total. The highest BCUT2D eigenvalue weighted by molar-refractivity contribution is 7.98. The third kappa shape index (κ3) is 5.37. The first-order valence-electron chi connectivity index (χ1n) is 6.48. The fourth-order valence-electron chi connectivity index (χ4n) is 1.54. The summed E-state index contributed by atoms with van der Waals surface area (Å²) in [7, 11) is 0. The van der Waals surface area contributed by atoms with E-state index in [1.807, 2.05) is 6.20 Å². The Morgan fingerprint density at radius 1 is 1.30 bits per heavy atom. The molecule has 0 aliphatic carbocycles. The molecular weight excluding hydrogens is 282 g/mol. The van der Waals surface area contributed by atoms with Crippen LogP contribution in [-0.4, -0.2) is 68.7 Å². The zero-order valence-electron chi connectivity index (χ0n) is 11.7. The Kier molecular flexibility index (Phi) is 8.08. The van der Waals surface area contributed by atoms with E-state index in [4.69, 9.17) is 20.1 Å². The molecule has 0 spiro atoms. The van der Waals surface area contributed by atoms with Crippen LogP contribution >= 0.6 is 11.8 Å². The maximum atomic E-state index is 9.16. The molecule has 0 saturated heterocycles. The fourth-order valence-corrected chi connectivity index (χ4v) is 1.96. The fraction of sp³-hybridized carbons (Fsp3) is 0.833. The van der Waals surface area contributed by atoms with E-state index in [-0.39, 0.29) is 33.0 Å². The van der Waals surface area contributed by atoms with Gasteiger partial charge in [0.15, 0.2) is 0 Å². The number of hydrogen-bond donors (Lipinski definition) is 3. The van der Waals surface area contributed by atoms with Crippen LogP contribution in [0.25, 0.3) is 0 Å². The SMILES string of the molecule is CSCCCn1cc(COCC(CO)(CO)CO)nn1. The number of thioether (sulfide) groups is 1. The van der Waals surface area contributed by atoms with Gasteiger partial charge in [-0.25, -0.2) is 0 Å². The molecule has 0 radical (unpaired) electrons. The van der Waals surface area contributed by atoms with Gasteiger partial charge in [0, 0.05) is 6.54 Å². The van der Waals surface area contributed by atoms with E-state index in [9.17, 15) is 0 Å². The second kappa shape index (κ2) is 9.30. The quantitative estimate of drug-likeness (QED) is 0.474. The maximum Gasteiger partial charge on any atom is 0.108 e. The molecule has 8 heteroatoms. The Labute approximate surface area is 122 Å². The van der Waals surface area contributed by atoms with E-state index < -0.39 is 5.41 Å². The average Bonchev–Trinajstić information content (AvgIpc) is 2.92. The smallest absolute Gasteiger partial charge is 0.108 e. The van der Waals surface area contributed by atoms with E-state index >= 15 is 0 Å². The van der Waals surface area contributed by atoms with Crippen LogP contribution in [0.5, 0.6) is 0 Å². The van der Waals surface area contributed by atoms with Gasteiger partial charge in [0.1, 0.15) is 5.69 Å². The number of aliphatic hydroxyl groups excluding tert-OH is 3. The molecule has 0 unspecified atom stereocenters. The summed E-state index contributed by atoms with van der Waals surface area (Å²) in [5.74, 6) is 1.08. The number of hydrogen-bond acceptors (Lipinski definition) is 7. The highest BCUT2D eigenvalue weighted by Crippen LogP contribution is 2.15. The van der Waals surface area contributed by atoms with Crippen LogP contribution in [0.15, 0.2) is 6.20 Å². The minimum absolute atomic E-state index is 0.0653. The molecule has 0 atom stereocenters. The lowest BCUT2D eigenvalue weighted by atomic mass is 9.93. The van der Waals surface area contributed by atoms with Crippen molar-refractivity contribution in [3.8, 4) is 0 Å². The standard InChI is InChI=1S/C12H23N3O4S/c1-20-4-2-3-15-5-11(13-14-15)6-19-10-12(7-16,8-17)9-18/h5,16-18H,2-4,6-10H2,1H3. The van der Waals surface area contributed by atoms with Crippen molar-refractivity contribution >= 4 is 11.8 Å². The first-order valence-corrected chi connectivity index (χ1v) is 7.87. The number of ether oxygens (including phenoxy) is 1. The summed E-state index contributed by atoms with van der Waals surface area (Å²) in [6.45, 7) is 0.131. The number of aromatic nitrogens is 3. The first kappa shape index (κ1) is 17.4. The van der Waals surface area contributed by atoms with Gasteiger partial charge < -0.3 is 20.1 Å². The molecule has 0 fully saturated rings. The Hall–Kier alpha value is -0.670. The summed E-state index contributed by atoms with van der Waals surface area (Å²) in [6.07, 6.45) is 4.92. The van der Waals surface area contributed by atoms with Crippen LogP contribution in [0.3, 0.4) is 0 Å². The van der Waals surface area contributed by atoms with Gasteiger partial charge in [-0.05, 0) is 18.4 Å². The largest absolute Gasteiger partial charge is 0.396 e. The average molecular weight is 305 g/mol. The Bertz CT molecular complexity index is 363. The van der Waals surface area contributed by atoms with Gasteiger partial charge in [-0.15, -0.1) is 5.10 Å². The van der Waals surface area contributed by atoms with Gasteiger partial charge in [-0.2, -0.15) is 11.8 Å². The number of rotatable bonds is 11. The zero-order valence-corrected chi connectivity index (χ0v) is 12.6. The Morgan fingerprint density at radius 3 is 2.60 bits per heavy atom. The molecule has 0 bridgehead atoms. The van der Waals surface area contributed by atoms with Crippen LogP contribution in [0.4, 0.5) is 0 Å². The molecule has 1 heterocycles. The van der Waals surface area contributed by atoms with Gasteiger partial charge in [-0.3, -0.25) is 4.68 Å². The van der Waals surface area contributed by atoms with Crippen LogP contribution in [0.2, 0.25) is 0 Å². The number of aliphatic hydroxyl groups is 3. The third-order valence-corrected chi connectivity index (χ3v) is 3.68. The van der Waals surface area contributed by atoms with Crippen LogP contribution in [0, 0.1) is 5.41 Å². The molecule has 3 N–H and O–H groups in total. The minimum Gasteiger partial charge on any atom is -0.396 e. The van der Waals surface area contributed by atoms with Gasteiger partial charge in [0.05, 0.1) is 44.6 Å². The molecule has 0 amide bonds. The van der Waals surface area contributed by atoms with Gasteiger partial charge in [0.25, 0.3) is 0 Å². The third-order valence-electron chi connectivity index (χ3n) is 2.99. The summed E-state index contributed by atoms with van der Waals surface area (Å²) in [6, 6.07) is 0. The van der Waals surface area contributed by atoms with Crippen LogP contribution < -0.4 is 0 Å². The highest BCUT2D eigenvalue weighted by atomic mass is 32.2. The van der Waals surface area contributed by atoms with Crippen molar-refractivity contribution in [1.82, 2.24) is 15.0 Å². The van der Waals surface area contributed by atoms with Crippen molar-refractivity contribution in [2.75, 3.05) is 38.4 Å². The first-order chi connectivity index (χ1) is 9.69. The van der Waals surface area contributed by atoms with Crippen molar-refractivity contribution in [1.29, 1.82) is 0 Å². The van der Waals surface area contributed by atoms with E-state index in [0.29, 0.717) is 5.69 Å². The second-order valence-corrected chi connectivity index (χ2v) is 5.77.